The van der Waals surface area contributed by atoms with E-state index in [1.165, 1.54) is 5.56 Å². The van der Waals surface area contributed by atoms with Crippen LogP contribution in [-0.4, -0.2) is 34.0 Å². The van der Waals surface area contributed by atoms with Gasteiger partial charge in [0.2, 0.25) is 0 Å². The van der Waals surface area contributed by atoms with Gasteiger partial charge < -0.3 is 10.4 Å². The van der Waals surface area contributed by atoms with E-state index in [4.69, 9.17) is 16.7 Å². The number of hydrogen-bond acceptors (Lipinski definition) is 4. The number of aromatic nitrogens is 1. The number of likely N-dealkylation sites (tertiary alicyclic amines) is 1. The van der Waals surface area contributed by atoms with Crippen LogP contribution in [0.5, 0.6) is 0 Å². The Hall–Kier alpha value is -2.11. The number of carboxylic acid groups (broad SMARTS) is 1. The van der Waals surface area contributed by atoms with Crippen molar-refractivity contribution < 1.29 is 9.90 Å². The van der Waals surface area contributed by atoms with Crippen LogP contribution in [0.3, 0.4) is 0 Å². The second-order valence-electron chi connectivity index (χ2n) is 6.89. The van der Waals surface area contributed by atoms with Gasteiger partial charge in [-0.2, -0.15) is 0 Å². The highest BCUT2D eigenvalue weighted by Crippen LogP contribution is 2.26. The van der Waals surface area contributed by atoms with E-state index in [0.29, 0.717) is 13.1 Å². The summed E-state index contributed by atoms with van der Waals surface area (Å²) in [5, 5.41) is 13.3. The minimum Gasteiger partial charge on any atom is -0.481 e. The van der Waals surface area contributed by atoms with Crippen molar-refractivity contribution in [1.82, 2.24) is 9.88 Å². The van der Waals surface area contributed by atoms with Gasteiger partial charge in [0.05, 0.1) is 12.0 Å². The number of carboxylic acids is 1. The molecule has 1 aliphatic rings. The van der Waals surface area contributed by atoms with Gasteiger partial charge in [0.1, 0.15) is 5.82 Å². The molecule has 0 bridgehead atoms. The monoisotopic (exact) mass is 373 g/mol. The third-order valence-electron chi connectivity index (χ3n) is 4.85. The first kappa shape index (κ1) is 18.7. The Morgan fingerprint density at radius 2 is 2.15 bits per heavy atom. The van der Waals surface area contributed by atoms with Crippen LogP contribution in [0.2, 0.25) is 5.02 Å². The largest absolute Gasteiger partial charge is 0.481 e. The lowest BCUT2D eigenvalue weighted by molar-refractivity contribution is -0.147. The normalized spacial score (nSPS) is 16.1. The number of pyridine rings is 1. The number of halogens is 1. The minimum atomic E-state index is -0.706. The lowest BCUT2D eigenvalue weighted by Gasteiger charge is -2.36. The van der Waals surface area contributed by atoms with Crippen molar-refractivity contribution in [3.8, 4) is 0 Å². The summed E-state index contributed by atoms with van der Waals surface area (Å²) in [6.45, 7) is 6.12. The Morgan fingerprint density at radius 1 is 1.38 bits per heavy atom. The van der Waals surface area contributed by atoms with Crippen molar-refractivity contribution in [2.45, 2.75) is 32.9 Å². The number of aryl methyl sites for hydroxylation is 1. The zero-order valence-corrected chi connectivity index (χ0v) is 15.8. The number of benzene rings is 1. The molecule has 1 atom stereocenters. The molecule has 26 heavy (non-hydrogen) atoms. The summed E-state index contributed by atoms with van der Waals surface area (Å²) < 4.78 is 0. The summed E-state index contributed by atoms with van der Waals surface area (Å²) in [5.41, 5.74) is 3.39. The Kier molecular flexibility index (Phi) is 5.79. The Bertz CT molecular complexity index is 790. The molecule has 0 amide bonds. The maximum atomic E-state index is 10.9. The highest BCUT2D eigenvalue weighted by molar-refractivity contribution is 6.31. The maximum Gasteiger partial charge on any atom is 0.309 e. The fourth-order valence-corrected chi connectivity index (χ4v) is 3.37. The van der Waals surface area contributed by atoms with Gasteiger partial charge in [0.25, 0.3) is 0 Å². The van der Waals surface area contributed by atoms with Crippen molar-refractivity contribution in [1.29, 1.82) is 0 Å². The number of nitrogens with zero attached hydrogens (tertiary/aromatic N) is 2. The second-order valence-corrected chi connectivity index (χ2v) is 7.30. The molecule has 1 fully saturated rings. The first-order chi connectivity index (χ1) is 12.5. The topological polar surface area (TPSA) is 65.5 Å². The van der Waals surface area contributed by atoms with Crippen molar-refractivity contribution in [2.75, 3.05) is 18.4 Å². The van der Waals surface area contributed by atoms with Gasteiger partial charge in [-0.05, 0) is 48.2 Å². The van der Waals surface area contributed by atoms with Gasteiger partial charge in [-0.1, -0.05) is 30.7 Å². The Labute approximate surface area is 159 Å². The van der Waals surface area contributed by atoms with Gasteiger partial charge in [-0.25, -0.2) is 4.98 Å². The molecule has 1 aromatic carbocycles. The van der Waals surface area contributed by atoms with Crippen LogP contribution < -0.4 is 5.32 Å². The molecule has 6 heteroatoms. The first-order valence-corrected chi connectivity index (χ1v) is 9.26. The van der Waals surface area contributed by atoms with E-state index in [2.05, 4.69) is 28.2 Å². The molecule has 138 valence electrons. The van der Waals surface area contributed by atoms with Crippen LogP contribution in [0.4, 0.5) is 5.82 Å². The van der Waals surface area contributed by atoms with E-state index < -0.39 is 5.97 Å². The van der Waals surface area contributed by atoms with Crippen molar-refractivity contribution >= 4 is 23.4 Å². The van der Waals surface area contributed by atoms with Crippen LogP contribution in [0.15, 0.2) is 36.5 Å². The van der Waals surface area contributed by atoms with Crippen molar-refractivity contribution in [3.63, 3.8) is 0 Å². The standard InChI is InChI=1S/C20H24ClN3O2/c1-3-18(15-4-5-17(21)13(2)8-15)23-19-9-14(6-7-22-19)10-24-11-16(12-24)20(25)26/h4-9,16,18H,3,10-12H2,1-2H3,(H,22,23)(H,25,26)/t18-/m1/s1. The van der Waals surface area contributed by atoms with Gasteiger partial charge in [0.15, 0.2) is 0 Å². The first-order valence-electron chi connectivity index (χ1n) is 8.89. The van der Waals surface area contributed by atoms with Crippen LogP contribution in [0, 0.1) is 12.8 Å². The van der Waals surface area contributed by atoms with Crippen LogP contribution in [-0.2, 0) is 11.3 Å². The van der Waals surface area contributed by atoms with Crippen molar-refractivity contribution in [3.05, 3.63) is 58.2 Å². The van der Waals surface area contributed by atoms with Crippen LogP contribution >= 0.6 is 11.6 Å². The molecule has 5 nitrogen and oxygen atoms in total. The van der Waals surface area contributed by atoms with Crippen LogP contribution in [0.1, 0.15) is 36.1 Å². The number of nitrogens with one attached hydrogen (secondary N) is 1. The summed E-state index contributed by atoms with van der Waals surface area (Å²) in [6.07, 6.45) is 2.73. The summed E-state index contributed by atoms with van der Waals surface area (Å²) in [4.78, 5) is 17.5. The SMILES string of the molecule is CC[C@@H](Nc1cc(CN2CC(C(=O)O)C2)ccn1)c1ccc(Cl)c(C)c1. The number of rotatable bonds is 7. The molecule has 0 unspecified atom stereocenters. The van der Waals surface area contributed by atoms with E-state index in [0.717, 1.165) is 34.9 Å². The molecule has 1 aliphatic heterocycles. The lowest BCUT2D eigenvalue weighted by Crippen LogP contribution is -2.49. The minimum absolute atomic E-state index is 0.161. The van der Waals surface area contributed by atoms with Crippen molar-refractivity contribution in [2.24, 2.45) is 5.92 Å². The molecule has 1 aromatic heterocycles. The second kappa shape index (κ2) is 8.06. The average molecular weight is 374 g/mol. The molecule has 0 radical (unpaired) electrons. The van der Waals surface area contributed by atoms with E-state index in [9.17, 15) is 4.79 Å². The fourth-order valence-electron chi connectivity index (χ4n) is 3.25. The van der Waals surface area contributed by atoms with E-state index >= 15 is 0 Å². The van der Waals surface area contributed by atoms with Gasteiger partial charge in [-0.15, -0.1) is 0 Å². The molecular weight excluding hydrogens is 350 g/mol. The quantitative estimate of drug-likeness (QED) is 0.764. The summed E-state index contributed by atoms with van der Waals surface area (Å²) in [7, 11) is 0. The van der Waals surface area contributed by atoms with Crippen LogP contribution in [0.25, 0.3) is 0 Å². The zero-order valence-electron chi connectivity index (χ0n) is 15.1. The lowest BCUT2D eigenvalue weighted by atomic mass is 10.00. The summed E-state index contributed by atoms with van der Waals surface area (Å²) in [5.74, 6) is -0.105. The molecule has 0 aliphatic carbocycles. The Balaban J connectivity index is 1.65. The summed E-state index contributed by atoms with van der Waals surface area (Å²) >= 11 is 6.13. The molecule has 3 rings (SSSR count). The third-order valence-corrected chi connectivity index (χ3v) is 5.28. The summed E-state index contributed by atoms with van der Waals surface area (Å²) in [6, 6.07) is 10.3. The number of hydrogen-bond donors (Lipinski definition) is 2. The number of carbonyl (C=O) groups is 1. The highest BCUT2D eigenvalue weighted by Gasteiger charge is 2.32. The predicted octanol–water partition coefficient (Wildman–Crippen LogP) is 4.12. The molecule has 1 saturated heterocycles. The zero-order chi connectivity index (χ0) is 18.7. The molecule has 2 N–H and O–H groups in total. The maximum absolute atomic E-state index is 10.9. The van der Waals surface area contributed by atoms with Gasteiger partial charge >= 0.3 is 5.97 Å². The average Bonchev–Trinajstić information content (AvgIpc) is 2.58. The Morgan fingerprint density at radius 3 is 2.81 bits per heavy atom. The van der Waals surface area contributed by atoms with Gasteiger partial charge in [0, 0.05) is 30.9 Å². The number of anilines is 1. The third kappa shape index (κ3) is 4.34. The highest BCUT2D eigenvalue weighted by atomic mass is 35.5. The smallest absolute Gasteiger partial charge is 0.309 e. The van der Waals surface area contributed by atoms with E-state index in [1.54, 1.807) is 6.20 Å². The molecule has 2 heterocycles. The fraction of sp³-hybridized carbons (Fsp3) is 0.400. The number of aliphatic carboxylic acids is 1. The predicted molar refractivity (Wildman–Crippen MR) is 103 cm³/mol. The van der Waals surface area contributed by atoms with E-state index in [1.807, 2.05) is 31.2 Å². The van der Waals surface area contributed by atoms with E-state index in [-0.39, 0.29) is 12.0 Å². The molecular formula is C20H24ClN3O2. The molecule has 0 saturated carbocycles. The molecule has 0 spiro atoms. The molecule has 2 aromatic rings. The van der Waals surface area contributed by atoms with Gasteiger partial charge in [-0.3, -0.25) is 9.69 Å².